The molecule has 0 spiro atoms. The lowest BCUT2D eigenvalue weighted by Crippen LogP contribution is -2.17. The minimum absolute atomic E-state index is 0.185. The van der Waals surface area contributed by atoms with Crippen LogP contribution in [0.4, 0.5) is 0 Å². The number of rotatable bonds is 5. The molecule has 4 nitrogen and oxygen atoms in total. The Morgan fingerprint density at radius 3 is 2.57 bits per heavy atom. The highest BCUT2D eigenvalue weighted by Gasteiger charge is 2.19. The average Bonchev–Trinajstić information content (AvgIpc) is 2.79. The highest BCUT2D eigenvalue weighted by Crippen LogP contribution is 2.32. The highest BCUT2D eigenvalue weighted by molar-refractivity contribution is 5.52. The van der Waals surface area contributed by atoms with E-state index in [4.69, 9.17) is 9.84 Å². The Hall–Kier alpha value is -1.81. The fraction of sp³-hybridized carbons (Fsp3) is 0.471. The van der Waals surface area contributed by atoms with Crippen molar-refractivity contribution in [3.63, 3.8) is 0 Å². The second-order valence-corrected chi connectivity index (χ2v) is 5.32. The van der Waals surface area contributed by atoms with Crippen LogP contribution < -0.4 is 10.1 Å². The number of ether oxygens (including phenoxy) is 1. The summed E-state index contributed by atoms with van der Waals surface area (Å²) < 4.78 is 7.59. The molecule has 1 heterocycles. The molecule has 0 aliphatic carbocycles. The van der Waals surface area contributed by atoms with Gasteiger partial charge in [-0.05, 0) is 51.9 Å². The second-order valence-electron chi connectivity index (χ2n) is 5.32. The van der Waals surface area contributed by atoms with Crippen LogP contribution in [0.1, 0.15) is 42.4 Å². The first-order chi connectivity index (χ1) is 10.0. The molecule has 0 radical (unpaired) electrons. The molecule has 0 aliphatic heterocycles. The summed E-state index contributed by atoms with van der Waals surface area (Å²) in [4.78, 5) is 0. The first-order valence-corrected chi connectivity index (χ1v) is 7.44. The van der Waals surface area contributed by atoms with Crippen molar-refractivity contribution < 1.29 is 4.74 Å². The molecule has 0 fully saturated rings. The van der Waals surface area contributed by atoms with Crippen LogP contribution in [0.5, 0.6) is 5.75 Å². The van der Waals surface area contributed by atoms with Crippen LogP contribution in [0.15, 0.2) is 18.2 Å². The maximum Gasteiger partial charge on any atom is 0.125 e. The van der Waals surface area contributed by atoms with E-state index >= 15 is 0 Å². The van der Waals surface area contributed by atoms with E-state index in [-0.39, 0.29) is 6.04 Å². The molecular weight excluding hydrogens is 262 g/mol. The summed E-state index contributed by atoms with van der Waals surface area (Å²) in [5, 5.41) is 8.04. The van der Waals surface area contributed by atoms with E-state index in [1.54, 1.807) is 7.11 Å². The third kappa shape index (κ3) is 2.68. The minimum atomic E-state index is 0.185. The summed E-state index contributed by atoms with van der Waals surface area (Å²) in [5.41, 5.74) is 5.84. The van der Waals surface area contributed by atoms with Crippen molar-refractivity contribution in [2.24, 2.45) is 0 Å². The van der Waals surface area contributed by atoms with Gasteiger partial charge in [0.2, 0.25) is 0 Å². The van der Waals surface area contributed by atoms with Gasteiger partial charge in [-0.15, -0.1) is 0 Å². The minimum Gasteiger partial charge on any atom is -0.496 e. The Morgan fingerprint density at radius 1 is 1.33 bits per heavy atom. The molecule has 2 rings (SSSR count). The van der Waals surface area contributed by atoms with Crippen molar-refractivity contribution in [1.82, 2.24) is 15.1 Å². The molecule has 0 saturated carbocycles. The van der Waals surface area contributed by atoms with E-state index in [2.05, 4.69) is 39.1 Å². The van der Waals surface area contributed by atoms with Crippen LogP contribution in [0.3, 0.4) is 0 Å². The second kappa shape index (κ2) is 6.31. The molecule has 0 aliphatic rings. The van der Waals surface area contributed by atoms with Gasteiger partial charge in [-0.25, -0.2) is 4.68 Å². The SMILES string of the molecule is CCc1c(C)nn(-c2cccc(OC)c2C(C)NC)c1C. The quantitative estimate of drug-likeness (QED) is 0.916. The summed E-state index contributed by atoms with van der Waals surface area (Å²) in [6.07, 6.45) is 0.999. The third-order valence-corrected chi connectivity index (χ3v) is 4.15. The maximum atomic E-state index is 5.55. The summed E-state index contributed by atoms with van der Waals surface area (Å²) in [6, 6.07) is 6.30. The van der Waals surface area contributed by atoms with E-state index in [1.807, 2.05) is 23.9 Å². The molecular formula is C17H25N3O. The number of nitrogens with zero attached hydrogens (tertiary/aromatic N) is 2. The zero-order valence-electron chi connectivity index (χ0n) is 13.8. The van der Waals surface area contributed by atoms with Crippen LogP contribution in [-0.2, 0) is 6.42 Å². The van der Waals surface area contributed by atoms with Crippen molar-refractivity contribution >= 4 is 0 Å². The number of methoxy groups -OCH3 is 1. The monoisotopic (exact) mass is 287 g/mol. The van der Waals surface area contributed by atoms with Gasteiger partial charge in [0.1, 0.15) is 5.75 Å². The van der Waals surface area contributed by atoms with Crippen LogP contribution in [0, 0.1) is 13.8 Å². The normalized spacial score (nSPS) is 12.5. The number of benzene rings is 1. The molecule has 114 valence electrons. The zero-order valence-corrected chi connectivity index (χ0v) is 13.8. The zero-order chi connectivity index (χ0) is 15.6. The number of hydrogen-bond donors (Lipinski definition) is 1. The smallest absolute Gasteiger partial charge is 0.125 e. The Kier molecular flexibility index (Phi) is 4.68. The van der Waals surface area contributed by atoms with Gasteiger partial charge in [0, 0.05) is 17.3 Å². The lowest BCUT2D eigenvalue weighted by molar-refractivity contribution is 0.403. The summed E-state index contributed by atoms with van der Waals surface area (Å²) in [6.45, 7) is 8.51. The van der Waals surface area contributed by atoms with Crippen LogP contribution in [0.25, 0.3) is 5.69 Å². The molecule has 0 saturated heterocycles. The fourth-order valence-corrected chi connectivity index (χ4v) is 2.90. The first kappa shape index (κ1) is 15.6. The maximum absolute atomic E-state index is 5.55. The molecule has 1 unspecified atom stereocenters. The Labute approximate surface area is 127 Å². The Bertz CT molecular complexity index is 631. The highest BCUT2D eigenvalue weighted by atomic mass is 16.5. The van der Waals surface area contributed by atoms with Crippen molar-refractivity contribution in [2.75, 3.05) is 14.2 Å². The first-order valence-electron chi connectivity index (χ1n) is 7.44. The number of nitrogens with one attached hydrogen (secondary N) is 1. The van der Waals surface area contributed by atoms with E-state index in [0.29, 0.717) is 0 Å². The molecule has 2 aromatic rings. The molecule has 0 bridgehead atoms. The van der Waals surface area contributed by atoms with Crippen molar-refractivity contribution in [2.45, 2.75) is 40.2 Å². The van der Waals surface area contributed by atoms with Gasteiger partial charge >= 0.3 is 0 Å². The largest absolute Gasteiger partial charge is 0.496 e. The van der Waals surface area contributed by atoms with Gasteiger partial charge < -0.3 is 10.1 Å². The van der Waals surface area contributed by atoms with Gasteiger partial charge in [-0.2, -0.15) is 5.10 Å². The van der Waals surface area contributed by atoms with E-state index in [9.17, 15) is 0 Å². The number of aryl methyl sites for hydroxylation is 1. The predicted molar refractivity (Wildman–Crippen MR) is 86.4 cm³/mol. The van der Waals surface area contributed by atoms with Gasteiger partial charge in [-0.1, -0.05) is 13.0 Å². The van der Waals surface area contributed by atoms with Crippen molar-refractivity contribution in [3.8, 4) is 11.4 Å². The Balaban J connectivity index is 2.69. The van der Waals surface area contributed by atoms with Crippen molar-refractivity contribution in [1.29, 1.82) is 0 Å². The lowest BCUT2D eigenvalue weighted by Gasteiger charge is -2.20. The third-order valence-electron chi connectivity index (χ3n) is 4.15. The van der Waals surface area contributed by atoms with E-state index in [1.165, 1.54) is 11.3 Å². The summed E-state index contributed by atoms with van der Waals surface area (Å²) in [5.74, 6) is 0.889. The number of hydrogen-bond acceptors (Lipinski definition) is 3. The van der Waals surface area contributed by atoms with Gasteiger partial charge in [0.05, 0.1) is 18.5 Å². The molecule has 1 aromatic carbocycles. The predicted octanol–water partition coefficient (Wildman–Crippen LogP) is 3.34. The molecule has 4 heteroatoms. The van der Waals surface area contributed by atoms with E-state index in [0.717, 1.165) is 29.1 Å². The average molecular weight is 287 g/mol. The summed E-state index contributed by atoms with van der Waals surface area (Å²) in [7, 11) is 3.67. The molecule has 1 atom stereocenters. The fourth-order valence-electron chi connectivity index (χ4n) is 2.90. The molecule has 1 aromatic heterocycles. The topological polar surface area (TPSA) is 39.1 Å². The van der Waals surface area contributed by atoms with Gasteiger partial charge in [0.15, 0.2) is 0 Å². The standard InChI is InChI=1S/C17H25N3O/c1-7-14-11(2)19-20(13(14)4)15-9-8-10-16(21-6)17(15)12(3)18-5/h8-10,12,18H,7H2,1-6H3. The Morgan fingerprint density at radius 2 is 2.05 bits per heavy atom. The molecule has 0 amide bonds. The van der Waals surface area contributed by atoms with Crippen LogP contribution in [-0.4, -0.2) is 23.9 Å². The van der Waals surface area contributed by atoms with Crippen LogP contribution in [0.2, 0.25) is 0 Å². The molecule has 1 N–H and O–H groups in total. The number of aromatic nitrogens is 2. The van der Waals surface area contributed by atoms with Crippen molar-refractivity contribution in [3.05, 3.63) is 40.7 Å². The summed E-state index contributed by atoms with van der Waals surface area (Å²) >= 11 is 0. The van der Waals surface area contributed by atoms with Gasteiger partial charge in [0.25, 0.3) is 0 Å². The van der Waals surface area contributed by atoms with Gasteiger partial charge in [-0.3, -0.25) is 0 Å². The van der Waals surface area contributed by atoms with Crippen LogP contribution >= 0.6 is 0 Å². The van der Waals surface area contributed by atoms with E-state index < -0.39 is 0 Å². The lowest BCUT2D eigenvalue weighted by atomic mass is 10.0. The molecule has 21 heavy (non-hydrogen) atoms.